The summed E-state index contributed by atoms with van der Waals surface area (Å²) in [4.78, 5) is 48.8. The number of Topliss-reactive ketones (excluding diaryl/α,β-unsaturated/α-hetero) is 1. The van der Waals surface area contributed by atoms with Gasteiger partial charge in [-0.1, -0.05) is 79.9 Å². The number of para-hydroxylation sites is 2. The summed E-state index contributed by atoms with van der Waals surface area (Å²) in [5.74, 6) is 2.41. The van der Waals surface area contributed by atoms with Crippen LogP contribution in [0.25, 0.3) is 0 Å². The molecule has 3 saturated heterocycles. The number of unbranched alkanes of at least 4 members (excludes halogenated alkanes) is 1. The van der Waals surface area contributed by atoms with Crippen molar-refractivity contribution >= 4 is 34.8 Å². The fraction of sp³-hybridized carbons (Fsp3) is 0.571. The highest BCUT2D eigenvalue weighted by Gasteiger charge is 2.46. The molecule has 8 aliphatic rings. The largest absolute Gasteiger partial charge is 0.367 e. The zero-order valence-corrected chi connectivity index (χ0v) is 45.5. The van der Waals surface area contributed by atoms with Gasteiger partial charge < -0.3 is 46.2 Å². The van der Waals surface area contributed by atoms with Gasteiger partial charge in [0.05, 0.1) is 0 Å². The number of nitrogens with one attached hydrogen (secondary N) is 3. The van der Waals surface area contributed by atoms with E-state index in [0.29, 0.717) is 41.5 Å². The predicted octanol–water partition coefficient (Wildman–Crippen LogP) is 10.4. The number of hydrogen-bond acceptors (Lipinski definition) is 9. The number of nitrogens with two attached hydrogens (primary N) is 1. The SMILES string of the molecule is CC(=O)c1cccc(NC(=O)NCCCN2CCC[C@@H](Cc3ccc(F)cc3)C2)c1.NCCN1CC[C@H]2[C@@H](C1)c1cccc3c1N2CC3.O=C(NCCCCN1CC[C@H]2[C@@H](C1)c1cccc3c1N2CC3)C1CCCCC1.[HH].[HH].[HH].[HH]. The van der Waals surface area contributed by atoms with Crippen molar-refractivity contribution in [1.82, 2.24) is 25.3 Å². The molecule has 4 aromatic rings. The maximum atomic E-state index is 13.1. The lowest BCUT2D eigenvalue weighted by Crippen LogP contribution is -2.47. The topological polar surface area (TPSA) is 130 Å². The highest BCUT2D eigenvalue weighted by atomic mass is 19.1. The first kappa shape index (κ1) is 54.0. The van der Waals surface area contributed by atoms with Crippen molar-refractivity contribution in [3.63, 3.8) is 0 Å². The van der Waals surface area contributed by atoms with Crippen molar-refractivity contribution in [2.24, 2.45) is 17.6 Å². The third-order valence-electron chi connectivity index (χ3n) is 18.2. The molecule has 12 rings (SSSR count). The first-order valence-corrected chi connectivity index (χ1v) is 29.5. The van der Waals surface area contributed by atoms with Gasteiger partial charge in [0.25, 0.3) is 0 Å². The molecule has 4 aromatic carbocycles. The van der Waals surface area contributed by atoms with Gasteiger partial charge in [-0.25, -0.2) is 9.18 Å². The average Bonchev–Trinajstić information content (AvgIpc) is 4.45. The number of likely N-dealkylation sites (tertiary alicyclic amines) is 3. The number of benzene rings is 4. The molecule has 0 spiro atoms. The summed E-state index contributed by atoms with van der Waals surface area (Å²) in [5.41, 5.74) is 17.6. The number of nitrogens with zero attached hydrogens (tertiary/aromatic N) is 5. The lowest BCUT2D eigenvalue weighted by atomic mass is 9.87. The number of carbonyl (C=O) groups is 3. The molecule has 13 heteroatoms. The van der Waals surface area contributed by atoms with Crippen LogP contribution in [-0.2, 0) is 24.1 Å². The van der Waals surface area contributed by atoms with Crippen LogP contribution >= 0.6 is 0 Å². The van der Waals surface area contributed by atoms with Crippen molar-refractivity contribution in [2.75, 3.05) is 107 Å². The van der Waals surface area contributed by atoms with Crippen LogP contribution < -0.4 is 31.5 Å². The van der Waals surface area contributed by atoms with E-state index in [-0.39, 0.29) is 23.3 Å². The molecule has 7 heterocycles. The molecule has 1 saturated carbocycles. The maximum Gasteiger partial charge on any atom is 0.319 e. The van der Waals surface area contributed by atoms with Crippen LogP contribution in [-0.4, -0.2) is 136 Å². The van der Waals surface area contributed by atoms with E-state index in [1.807, 2.05) is 12.1 Å². The van der Waals surface area contributed by atoms with E-state index in [4.69, 9.17) is 5.73 Å². The highest BCUT2D eigenvalue weighted by molar-refractivity contribution is 5.96. The second-order valence-electron chi connectivity index (χ2n) is 23.3. The van der Waals surface area contributed by atoms with Gasteiger partial charge in [0.15, 0.2) is 5.78 Å². The average molecular weight is 1040 g/mol. The minimum atomic E-state index is -0.261. The van der Waals surface area contributed by atoms with Gasteiger partial charge in [-0.2, -0.15) is 0 Å². The minimum Gasteiger partial charge on any atom is -0.367 e. The molecule has 5 N–H and O–H groups in total. The predicted molar refractivity (Wildman–Crippen MR) is 314 cm³/mol. The molecule has 3 amide bonds. The first-order chi connectivity index (χ1) is 37.2. The van der Waals surface area contributed by atoms with Gasteiger partial charge in [0, 0.05) is 130 Å². The number of piperidine rings is 3. The Labute approximate surface area is 458 Å². The molecule has 76 heavy (non-hydrogen) atoms. The molecule has 4 fully saturated rings. The van der Waals surface area contributed by atoms with Gasteiger partial charge in [0.2, 0.25) is 5.91 Å². The van der Waals surface area contributed by atoms with Gasteiger partial charge >= 0.3 is 6.03 Å². The Bertz CT molecular complexity index is 2610. The van der Waals surface area contributed by atoms with Gasteiger partial charge in [-0.15, -0.1) is 0 Å². The van der Waals surface area contributed by atoms with Crippen molar-refractivity contribution in [1.29, 1.82) is 0 Å². The van der Waals surface area contributed by atoms with E-state index in [1.54, 1.807) is 57.9 Å². The second-order valence-corrected chi connectivity index (χ2v) is 23.3. The Balaban J connectivity index is 0.000000194. The molecular formula is C63H94FN9O3. The molecule has 0 aromatic heterocycles. The lowest BCUT2D eigenvalue weighted by Gasteiger charge is -2.38. The van der Waals surface area contributed by atoms with Crippen LogP contribution in [0.3, 0.4) is 0 Å². The molecule has 416 valence electrons. The Kier molecular flexibility index (Phi) is 18.4. The summed E-state index contributed by atoms with van der Waals surface area (Å²) in [6.45, 7) is 16.4. The summed E-state index contributed by atoms with van der Waals surface area (Å²) < 4.78 is 13.1. The van der Waals surface area contributed by atoms with E-state index in [0.717, 1.165) is 89.4 Å². The van der Waals surface area contributed by atoms with Crippen LogP contribution in [0.15, 0.2) is 84.9 Å². The van der Waals surface area contributed by atoms with E-state index < -0.39 is 0 Å². The van der Waals surface area contributed by atoms with Crippen LogP contribution in [0.2, 0.25) is 0 Å². The van der Waals surface area contributed by atoms with E-state index in [2.05, 4.69) is 76.8 Å². The normalized spacial score (nSPS) is 23.5. The number of halogens is 1. The minimum absolute atomic E-state index is 0. The van der Waals surface area contributed by atoms with Crippen molar-refractivity contribution in [2.45, 2.75) is 127 Å². The number of ketones is 1. The lowest BCUT2D eigenvalue weighted by molar-refractivity contribution is -0.125. The summed E-state index contributed by atoms with van der Waals surface area (Å²) in [6.07, 6.45) is 17.6. The van der Waals surface area contributed by atoms with Crippen molar-refractivity contribution < 1.29 is 24.5 Å². The molecule has 0 radical (unpaired) electrons. The van der Waals surface area contributed by atoms with Crippen LogP contribution in [0, 0.1) is 17.7 Å². The Morgan fingerprint density at radius 2 is 1.25 bits per heavy atom. The van der Waals surface area contributed by atoms with Gasteiger partial charge in [0.1, 0.15) is 5.82 Å². The van der Waals surface area contributed by atoms with Gasteiger partial charge in [-0.05, 0) is 162 Å². The smallest absolute Gasteiger partial charge is 0.319 e. The number of anilines is 3. The quantitative estimate of drug-likeness (QED) is 0.0640. The number of carbonyl (C=O) groups excluding carboxylic acids is 3. The zero-order chi connectivity index (χ0) is 52.4. The maximum absolute atomic E-state index is 13.1. The standard InChI is InChI=1S/C24H30FN3O2.C24H35N3O.C15H21N3.4H2/c1-18(29)21-6-2-7-23(16-21)27-24(30)26-12-4-14-28-13-3-5-20(17-28)15-19-8-10-22(25)11-9-19;28-24(19-7-2-1-3-8-19)25-13-4-5-14-26-15-12-22-21(17-26)20-10-6-9-18-11-16-27(22)23(18)20;16-6-9-17-7-5-14-13(10-17)12-3-1-2-11-4-8-18(14)15(11)12;;;;/h2,6-11,16,20H,3-5,12-15,17H2,1H3,(H2,26,27,30);6,9-10,19,21-22H,1-5,7-8,11-17H2,(H,25,28);1-3,13-14H,4-10,16H2;4*1H/t20-;21-,22-;13-,14-;;;;/m000..../s1. The molecule has 12 nitrogen and oxygen atoms in total. The van der Waals surface area contributed by atoms with Crippen molar-refractivity contribution in [3.8, 4) is 0 Å². The summed E-state index contributed by atoms with van der Waals surface area (Å²) in [6, 6.07) is 28.9. The summed E-state index contributed by atoms with van der Waals surface area (Å²) in [7, 11) is 0. The Morgan fingerprint density at radius 1 is 0.632 bits per heavy atom. The van der Waals surface area contributed by atoms with E-state index in [1.165, 1.54) is 135 Å². The van der Waals surface area contributed by atoms with E-state index >= 15 is 0 Å². The molecule has 7 aliphatic heterocycles. The number of rotatable bonds is 16. The molecule has 0 bridgehead atoms. The third-order valence-corrected chi connectivity index (χ3v) is 18.2. The van der Waals surface area contributed by atoms with Crippen LogP contribution in [0.5, 0.6) is 0 Å². The number of fused-ring (bicyclic) bond motifs is 6. The second kappa shape index (κ2) is 25.9. The fourth-order valence-electron chi connectivity index (χ4n) is 14.4. The molecule has 1 aliphatic carbocycles. The molecule has 0 unspecified atom stereocenters. The zero-order valence-electron chi connectivity index (χ0n) is 45.5. The first-order valence-electron chi connectivity index (χ1n) is 29.5. The van der Waals surface area contributed by atoms with Crippen LogP contribution in [0.4, 0.5) is 26.2 Å². The molecular weight excluding hydrogens is 950 g/mol. The Morgan fingerprint density at radius 3 is 1.91 bits per heavy atom. The third kappa shape index (κ3) is 13.1. The number of urea groups is 1. The highest BCUT2D eigenvalue weighted by Crippen LogP contribution is 2.50. The number of hydrogen-bond donors (Lipinski definition) is 4. The van der Waals surface area contributed by atoms with Crippen molar-refractivity contribution in [3.05, 3.63) is 124 Å². The fourth-order valence-corrected chi connectivity index (χ4v) is 14.4. The summed E-state index contributed by atoms with van der Waals surface area (Å²) >= 11 is 0. The number of amides is 3. The Hall–Kier alpha value is -5.34. The van der Waals surface area contributed by atoms with Crippen LogP contribution in [0.1, 0.15) is 140 Å². The van der Waals surface area contributed by atoms with Gasteiger partial charge in [-0.3, -0.25) is 9.59 Å². The monoisotopic (exact) mass is 1040 g/mol. The summed E-state index contributed by atoms with van der Waals surface area (Å²) in [5, 5.41) is 8.85. The van der Waals surface area contributed by atoms with E-state index in [9.17, 15) is 18.8 Å². The molecule has 5 atom stereocenters.